The second-order valence-corrected chi connectivity index (χ2v) is 8.07. The van der Waals surface area contributed by atoms with Gasteiger partial charge in [0.2, 0.25) is 0 Å². The van der Waals surface area contributed by atoms with E-state index in [1.54, 1.807) is 26.8 Å². The Balaban J connectivity index is 1.80. The maximum absolute atomic E-state index is 12.5. The molecule has 2 amide bonds. The molecular formula is C24H30N2O5. The van der Waals surface area contributed by atoms with Crippen molar-refractivity contribution in [2.45, 2.75) is 52.2 Å². The van der Waals surface area contributed by atoms with E-state index in [0.717, 1.165) is 11.1 Å². The summed E-state index contributed by atoms with van der Waals surface area (Å²) in [7, 11) is 0. The Morgan fingerprint density at radius 1 is 0.968 bits per heavy atom. The van der Waals surface area contributed by atoms with Crippen molar-refractivity contribution < 1.29 is 23.9 Å². The van der Waals surface area contributed by atoms with E-state index in [0.29, 0.717) is 12.1 Å². The zero-order valence-electron chi connectivity index (χ0n) is 18.4. The standard InChI is InChI=1S/C24H30N2O5/c1-17(30-21(27)15-10-16-25-23(29)31-24(2,3)4)22(28)26-20-14-9-8-13-19(20)18-11-6-5-7-12-18/h5-9,11-14,17H,10,15-16H2,1-4H3,(H,25,29)(H,26,28)/t17-/m1/s1. The van der Waals surface area contributed by atoms with Gasteiger partial charge in [0.15, 0.2) is 6.10 Å². The number of ether oxygens (including phenoxy) is 2. The molecule has 0 aliphatic heterocycles. The molecule has 0 spiro atoms. The summed E-state index contributed by atoms with van der Waals surface area (Å²) in [5.74, 6) is -0.923. The van der Waals surface area contributed by atoms with E-state index in [2.05, 4.69) is 10.6 Å². The summed E-state index contributed by atoms with van der Waals surface area (Å²) < 4.78 is 10.3. The van der Waals surface area contributed by atoms with Crippen LogP contribution >= 0.6 is 0 Å². The van der Waals surface area contributed by atoms with E-state index in [1.165, 1.54) is 6.92 Å². The van der Waals surface area contributed by atoms with Crippen LogP contribution in [0.2, 0.25) is 0 Å². The first-order valence-corrected chi connectivity index (χ1v) is 10.3. The lowest BCUT2D eigenvalue weighted by Crippen LogP contribution is -2.33. The van der Waals surface area contributed by atoms with Gasteiger partial charge in [0, 0.05) is 24.2 Å². The van der Waals surface area contributed by atoms with Gasteiger partial charge in [-0.05, 0) is 45.7 Å². The number of carbonyl (C=O) groups excluding carboxylic acids is 3. The first kappa shape index (κ1) is 23.9. The fraction of sp³-hybridized carbons (Fsp3) is 0.375. The van der Waals surface area contributed by atoms with Crippen molar-refractivity contribution in [2.75, 3.05) is 11.9 Å². The molecule has 2 aromatic carbocycles. The number of anilines is 1. The Kier molecular flexibility index (Phi) is 8.61. The number of rotatable bonds is 8. The quantitative estimate of drug-likeness (QED) is 0.478. The topological polar surface area (TPSA) is 93.7 Å². The molecule has 0 saturated heterocycles. The average molecular weight is 427 g/mol. The van der Waals surface area contributed by atoms with Crippen molar-refractivity contribution in [3.05, 3.63) is 54.6 Å². The van der Waals surface area contributed by atoms with E-state index in [-0.39, 0.29) is 13.0 Å². The Bertz CT molecular complexity index is 890. The molecule has 7 heteroatoms. The molecule has 31 heavy (non-hydrogen) atoms. The highest BCUT2D eigenvalue weighted by atomic mass is 16.6. The van der Waals surface area contributed by atoms with Crippen LogP contribution in [0.1, 0.15) is 40.5 Å². The average Bonchev–Trinajstić information content (AvgIpc) is 2.71. The molecule has 166 valence electrons. The van der Waals surface area contributed by atoms with Gasteiger partial charge in [-0.25, -0.2) is 4.79 Å². The van der Waals surface area contributed by atoms with Crippen molar-refractivity contribution in [3.8, 4) is 11.1 Å². The summed E-state index contributed by atoms with van der Waals surface area (Å²) in [4.78, 5) is 36.1. The lowest BCUT2D eigenvalue weighted by molar-refractivity contribution is -0.153. The number of hydrogen-bond acceptors (Lipinski definition) is 5. The molecule has 0 heterocycles. The summed E-state index contributed by atoms with van der Waals surface area (Å²) in [6.45, 7) is 7.12. The van der Waals surface area contributed by atoms with Crippen molar-refractivity contribution in [2.24, 2.45) is 0 Å². The van der Waals surface area contributed by atoms with Crippen LogP contribution in [0, 0.1) is 0 Å². The SMILES string of the molecule is C[C@@H](OC(=O)CCCNC(=O)OC(C)(C)C)C(=O)Nc1ccccc1-c1ccccc1. The number of hydrogen-bond donors (Lipinski definition) is 2. The molecular weight excluding hydrogens is 396 g/mol. The minimum Gasteiger partial charge on any atom is -0.453 e. The molecule has 7 nitrogen and oxygen atoms in total. The number of amides is 2. The molecule has 0 radical (unpaired) electrons. The highest BCUT2D eigenvalue weighted by Crippen LogP contribution is 2.27. The van der Waals surface area contributed by atoms with E-state index in [1.807, 2.05) is 48.5 Å². The van der Waals surface area contributed by atoms with E-state index < -0.39 is 29.7 Å². The smallest absolute Gasteiger partial charge is 0.407 e. The molecule has 0 aliphatic carbocycles. The molecule has 0 bridgehead atoms. The van der Waals surface area contributed by atoms with Crippen LogP contribution in [0.3, 0.4) is 0 Å². The molecule has 0 unspecified atom stereocenters. The van der Waals surface area contributed by atoms with Gasteiger partial charge in [-0.3, -0.25) is 9.59 Å². The van der Waals surface area contributed by atoms with Crippen LogP contribution in [0.25, 0.3) is 11.1 Å². The number of esters is 1. The van der Waals surface area contributed by atoms with Crippen molar-refractivity contribution in [1.29, 1.82) is 0 Å². The summed E-state index contributed by atoms with van der Waals surface area (Å²) in [5, 5.41) is 5.41. The lowest BCUT2D eigenvalue weighted by atomic mass is 10.0. The van der Waals surface area contributed by atoms with Crippen molar-refractivity contribution >= 4 is 23.7 Å². The van der Waals surface area contributed by atoms with Crippen molar-refractivity contribution in [3.63, 3.8) is 0 Å². The van der Waals surface area contributed by atoms with E-state index in [9.17, 15) is 14.4 Å². The molecule has 0 aromatic heterocycles. The monoisotopic (exact) mass is 426 g/mol. The summed E-state index contributed by atoms with van der Waals surface area (Å²) in [5.41, 5.74) is 1.91. The van der Waals surface area contributed by atoms with Gasteiger partial charge < -0.3 is 20.1 Å². The van der Waals surface area contributed by atoms with Gasteiger partial charge >= 0.3 is 12.1 Å². The van der Waals surface area contributed by atoms with Crippen LogP contribution < -0.4 is 10.6 Å². The van der Waals surface area contributed by atoms with Gasteiger partial charge in [-0.2, -0.15) is 0 Å². The first-order valence-electron chi connectivity index (χ1n) is 10.3. The third-order valence-corrected chi connectivity index (χ3v) is 4.17. The number of para-hydroxylation sites is 1. The van der Waals surface area contributed by atoms with Gasteiger partial charge in [-0.15, -0.1) is 0 Å². The van der Waals surface area contributed by atoms with Crippen molar-refractivity contribution in [1.82, 2.24) is 5.32 Å². The Morgan fingerprint density at radius 3 is 2.29 bits per heavy atom. The van der Waals surface area contributed by atoms with E-state index >= 15 is 0 Å². The Morgan fingerprint density at radius 2 is 1.61 bits per heavy atom. The highest BCUT2D eigenvalue weighted by molar-refractivity contribution is 5.98. The Labute approximate surface area is 183 Å². The summed E-state index contributed by atoms with van der Waals surface area (Å²) >= 11 is 0. The van der Waals surface area contributed by atoms with E-state index in [4.69, 9.17) is 9.47 Å². The zero-order chi connectivity index (χ0) is 22.9. The molecule has 0 fully saturated rings. The number of carbonyl (C=O) groups is 3. The predicted molar refractivity (Wildman–Crippen MR) is 120 cm³/mol. The minimum absolute atomic E-state index is 0.0774. The minimum atomic E-state index is -0.949. The summed E-state index contributed by atoms with van der Waals surface area (Å²) in [6, 6.07) is 17.1. The second kappa shape index (κ2) is 11.2. The molecule has 2 N–H and O–H groups in total. The molecule has 1 atom stereocenters. The number of nitrogens with one attached hydrogen (secondary N) is 2. The predicted octanol–water partition coefficient (Wildman–Crippen LogP) is 4.53. The van der Waals surface area contributed by atoms with Crippen LogP contribution in [0.15, 0.2) is 54.6 Å². The van der Waals surface area contributed by atoms with Gasteiger partial charge in [0.1, 0.15) is 5.60 Å². The van der Waals surface area contributed by atoms with Crippen LogP contribution in [-0.4, -0.2) is 36.2 Å². The maximum atomic E-state index is 12.5. The summed E-state index contributed by atoms with van der Waals surface area (Å²) in [6.07, 6.45) is -1.03. The lowest BCUT2D eigenvalue weighted by Gasteiger charge is -2.19. The molecule has 2 aromatic rings. The third-order valence-electron chi connectivity index (χ3n) is 4.17. The normalized spacial score (nSPS) is 11.9. The van der Waals surface area contributed by atoms with Gasteiger partial charge in [0.25, 0.3) is 5.91 Å². The van der Waals surface area contributed by atoms with Crippen LogP contribution in [0.5, 0.6) is 0 Å². The Hall–Kier alpha value is -3.35. The van der Waals surface area contributed by atoms with Crippen LogP contribution in [0.4, 0.5) is 10.5 Å². The van der Waals surface area contributed by atoms with Crippen LogP contribution in [-0.2, 0) is 19.1 Å². The second-order valence-electron chi connectivity index (χ2n) is 8.07. The molecule has 0 aliphatic rings. The molecule has 2 rings (SSSR count). The van der Waals surface area contributed by atoms with Gasteiger partial charge in [0.05, 0.1) is 0 Å². The third kappa shape index (κ3) is 8.50. The zero-order valence-corrected chi connectivity index (χ0v) is 18.4. The number of benzene rings is 2. The highest BCUT2D eigenvalue weighted by Gasteiger charge is 2.19. The molecule has 0 saturated carbocycles. The first-order chi connectivity index (χ1) is 14.7. The maximum Gasteiger partial charge on any atom is 0.407 e. The fourth-order valence-corrected chi connectivity index (χ4v) is 2.74. The fourth-order valence-electron chi connectivity index (χ4n) is 2.74. The van der Waals surface area contributed by atoms with Gasteiger partial charge in [-0.1, -0.05) is 48.5 Å². The largest absolute Gasteiger partial charge is 0.453 e. The number of alkyl carbamates (subject to hydrolysis) is 1.